The van der Waals surface area contributed by atoms with Crippen molar-refractivity contribution in [3.8, 4) is 0 Å². The van der Waals surface area contributed by atoms with Crippen LogP contribution in [0.3, 0.4) is 0 Å². The fraction of sp³-hybridized carbons (Fsp3) is 0.370. The molecule has 0 aliphatic carbocycles. The van der Waals surface area contributed by atoms with Crippen LogP contribution in [0.25, 0.3) is 10.8 Å². The van der Waals surface area contributed by atoms with Gasteiger partial charge in [-0.3, -0.25) is 4.79 Å². The first-order valence-electron chi connectivity index (χ1n) is 11.2. The first-order valence-corrected chi connectivity index (χ1v) is 11.2. The molecule has 0 bridgehead atoms. The normalized spacial score (nSPS) is 14.4. The van der Waals surface area contributed by atoms with Crippen molar-refractivity contribution in [2.24, 2.45) is 0 Å². The molecular formula is C27H31NO2. The van der Waals surface area contributed by atoms with Gasteiger partial charge in [0.05, 0.1) is 0 Å². The van der Waals surface area contributed by atoms with Crippen LogP contribution in [-0.4, -0.2) is 35.6 Å². The van der Waals surface area contributed by atoms with Gasteiger partial charge in [-0.25, -0.2) is 0 Å². The molecule has 156 valence electrons. The number of carboxylic acid groups (broad SMARTS) is 1. The second-order valence-corrected chi connectivity index (χ2v) is 8.39. The van der Waals surface area contributed by atoms with Crippen molar-refractivity contribution < 1.29 is 9.90 Å². The van der Waals surface area contributed by atoms with E-state index in [1.807, 2.05) is 0 Å². The summed E-state index contributed by atoms with van der Waals surface area (Å²) in [6.45, 7) is 2.95. The van der Waals surface area contributed by atoms with Crippen LogP contribution < -0.4 is 0 Å². The zero-order chi connectivity index (χ0) is 20.8. The molecule has 1 heterocycles. The van der Waals surface area contributed by atoms with Gasteiger partial charge in [-0.05, 0) is 78.1 Å². The van der Waals surface area contributed by atoms with Crippen molar-refractivity contribution in [2.45, 2.75) is 44.9 Å². The van der Waals surface area contributed by atoms with Crippen molar-refractivity contribution >= 4 is 16.7 Å². The summed E-state index contributed by atoms with van der Waals surface area (Å²) in [6, 6.07) is 22.1. The van der Waals surface area contributed by atoms with Crippen LogP contribution in [0.2, 0.25) is 0 Å². The molecule has 0 fully saturated rings. The highest BCUT2D eigenvalue weighted by molar-refractivity contribution is 5.85. The van der Waals surface area contributed by atoms with E-state index in [-0.39, 0.29) is 6.42 Å². The second-order valence-electron chi connectivity index (χ2n) is 8.39. The zero-order valence-electron chi connectivity index (χ0n) is 17.6. The third-order valence-electron chi connectivity index (χ3n) is 6.38. The van der Waals surface area contributed by atoms with E-state index in [9.17, 15) is 4.79 Å². The largest absolute Gasteiger partial charge is 0.481 e. The molecule has 4 rings (SSSR count). The van der Waals surface area contributed by atoms with Crippen molar-refractivity contribution in [3.63, 3.8) is 0 Å². The van der Waals surface area contributed by atoms with E-state index < -0.39 is 5.97 Å². The fourth-order valence-corrected chi connectivity index (χ4v) is 4.79. The van der Waals surface area contributed by atoms with E-state index in [0.29, 0.717) is 0 Å². The molecule has 1 aliphatic rings. The first-order chi connectivity index (χ1) is 14.7. The average Bonchev–Trinajstić information content (AvgIpc) is 2.97. The van der Waals surface area contributed by atoms with Gasteiger partial charge in [0.15, 0.2) is 0 Å². The van der Waals surface area contributed by atoms with Crippen LogP contribution >= 0.6 is 0 Å². The number of aliphatic carboxylic acids is 1. The summed E-state index contributed by atoms with van der Waals surface area (Å²) in [5, 5.41) is 11.6. The Labute approximate surface area is 179 Å². The minimum atomic E-state index is -0.693. The number of hydrogen-bond donors (Lipinski definition) is 1. The monoisotopic (exact) mass is 401 g/mol. The fourth-order valence-electron chi connectivity index (χ4n) is 4.79. The molecule has 0 radical (unpaired) electrons. The Balaban J connectivity index is 1.38. The SMILES string of the molecule is O=C(O)CCCN1CCc2cccc(CCCc3cccc4ccccc34)c2CC1. The topological polar surface area (TPSA) is 40.5 Å². The van der Waals surface area contributed by atoms with Gasteiger partial charge in [-0.15, -0.1) is 0 Å². The molecule has 3 nitrogen and oxygen atoms in total. The maximum Gasteiger partial charge on any atom is 0.303 e. The predicted octanol–water partition coefficient (Wildman–Crippen LogP) is 5.28. The number of hydrogen-bond acceptors (Lipinski definition) is 2. The predicted molar refractivity (Wildman–Crippen MR) is 123 cm³/mol. The highest BCUT2D eigenvalue weighted by Crippen LogP contribution is 2.24. The van der Waals surface area contributed by atoms with Crippen LogP contribution in [0.4, 0.5) is 0 Å². The Morgan fingerprint density at radius 1 is 0.833 bits per heavy atom. The van der Waals surface area contributed by atoms with Crippen LogP contribution in [-0.2, 0) is 30.5 Å². The summed E-state index contributed by atoms with van der Waals surface area (Å²) < 4.78 is 0. The quantitative estimate of drug-likeness (QED) is 0.558. The number of carbonyl (C=O) groups is 1. The minimum Gasteiger partial charge on any atom is -0.481 e. The van der Waals surface area contributed by atoms with Crippen molar-refractivity contribution in [3.05, 3.63) is 82.9 Å². The Morgan fingerprint density at radius 3 is 2.47 bits per heavy atom. The molecule has 3 heteroatoms. The Morgan fingerprint density at radius 2 is 1.57 bits per heavy atom. The maximum atomic E-state index is 10.8. The lowest BCUT2D eigenvalue weighted by Crippen LogP contribution is -2.28. The molecule has 1 N–H and O–H groups in total. The van der Waals surface area contributed by atoms with Gasteiger partial charge < -0.3 is 10.0 Å². The van der Waals surface area contributed by atoms with Crippen LogP contribution in [0, 0.1) is 0 Å². The lowest BCUT2D eigenvalue weighted by atomic mass is 9.92. The Hall–Kier alpha value is -2.65. The van der Waals surface area contributed by atoms with Gasteiger partial charge >= 0.3 is 5.97 Å². The van der Waals surface area contributed by atoms with E-state index in [4.69, 9.17) is 5.11 Å². The highest BCUT2D eigenvalue weighted by Gasteiger charge is 2.16. The third-order valence-corrected chi connectivity index (χ3v) is 6.38. The molecule has 0 atom stereocenters. The number of aryl methyl sites for hydroxylation is 2. The summed E-state index contributed by atoms with van der Waals surface area (Å²) in [7, 11) is 0. The molecule has 0 spiro atoms. The van der Waals surface area contributed by atoms with E-state index >= 15 is 0 Å². The average molecular weight is 402 g/mol. The summed E-state index contributed by atoms with van der Waals surface area (Å²) in [5.74, 6) is -0.693. The van der Waals surface area contributed by atoms with Gasteiger partial charge in [0.1, 0.15) is 0 Å². The number of nitrogens with zero attached hydrogens (tertiary/aromatic N) is 1. The van der Waals surface area contributed by atoms with Gasteiger partial charge in [0, 0.05) is 19.5 Å². The molecular weight excluding hydrogens is 370 g/mol. The van der Waals surface area contributed by atoms with Crippen LogP contribution in [0.1, 0.15) is 41.5 Å². The van der Waals surface area contributed by atoms with E-state index in [2.05, 4.69) is 65.6 Å². The molecule has 0 saturated carbocycles. The van der Waals surface area contributed by atoms with Crippen molar-refractivity contribution in [2.75, 3.05) is 19.6 Å². The maximum absolute atomic E-state index is 10.8. The van der Waals surface area contributed by atoms with Crippen molar-refractivity contribution in [1.29, 1.82) is 0 Å². The Bertz CT molecular complexity index is 1010. The van der Waals surface area contributed by atoms with Gasteiger partial charge in [0.25, 0.3) is 0 Å². The Kier molecular flexibility index (Phi) is 6.81. The smallest absolute Gasteiger partial charge is 0.303 e. The number of carboxylic acids is 1. The molecule has 3 aromatic carbocycles. The molecule has 1 aliphatic heterocycles. The zero-order valence-corrected chi connectivity index (χ0v) is 17.6. The van der Waals surface area contributed by atoms with E-state index in [0.717, 1.165) is 58.2 Å². The standard InChI is InChI=1S/C27H31NO2/c29-27(30)15-6-18-28-19-16-24-13-5-12-23(26(24)17-20-28)11-4-10-22-9-3-8-21-7-1-2-14-25(21)22/h1-3,5,7-9,12-14H,4,6,10-11,15-20H2,(H,29,30). The lowest BCUT2D eigenvalue weighted by molar-refractivity contribution is -0.137. The lowest BCUT2D eigenvalue weighted by Gasteiger charge is -2.19. The van der Waals surface area contributed by atoms with Crippen LogP contribution in [0.5, 0.6) is 0 Å². The molecule has 0 saturated heterocycles. The summed E-state index contributed by atoms with van der Waals surface area (Å²) in [5.41, 5.74) is 5.97. The second kappa shape index (κ2) is 9.90. The molecule has 0 amide bonds. The number of benzene rings is 3. The molecule has 0 unspecified atom stereocenters. The van der Waals surface area contributed by atoms with Crippen LogP contribution in [0.15, 0.2) is 60.7 Å². The van der Waals surface area contributed by atoms with Crippen molar-refractivity contribution in [1.82, 2.24) is 4.90 Å². The highest BCUT2D eigenvalue weighted by atomic mass is 16.4. The number of rotatable bonds is 8. The van der Waals surface area contributed by atoms with E-state index in [1.54, 1.807) is 0 Å². The molecule has 3 aromatic rings. The molecule has 30 heavy (non-hydrogen) atoms. The first kappa shape index (κ1) is 20.6. The molecule has 0 aromatic heterocycles. The van der Waals surface area contributed by atoms with E-state index in [1.165, 1.54) is 33.0 Å². The number of fused-ring (bicyclic) bond motifs is 2. The summed E-state index contributed by atoms with van der Waals surface area (Å²) >= 11 is 0. The minimum absolute atomic E-state index is 0.267. The van der Waals surface area contributed by atoms with Gasteiger partial charge in [0.2, 0.25) is 0 Å². The summed E-state index contributed by atoms with van der Waals surface area (Å²) in [6.07, 6.45) is 6.53. The third kappa shape index (κ3) is 5.09. The van der Waals surface area contributed by atoms with Gasteiger partial charge in [-0.1, -0.05) is 60.7 Å². The summed E-state index contributed by atoms with van der Waals surface area (Å²) in [4.78, 5) is 13.2. The van der Waals surface area contributed by atoms with Gasteiger partial charge in [-0.2, -0.15) is 0 Å².